The monoisotopic (exact) mass is 330 g/mol. The summed E-state index contributed by atoms with van der Waals surface area (Å²) in [5, 5.41) is 8.59. The van der Waals surface area contributed by atoms with Gasteiger partial charge in [-0.15, -0.1) is 11.3 Å². The van der Waals surface area contributed by atoms with E-state index in [1.165, 1.54) is 0 Å². The molecular weight excluding hydrogens is 312 g/mol. The van der Waals surface area contributed by atoms with Crippen LogP contribution in [0, 0.1) is 0 Å². The maximum absolute atomic E-state index is 12.1. The van der Waals surface area contributed by atoms with Crippen LogP contribution in [-0.4, -0.2) is 41.5 Å². The van der Waals surface area contributed by atoms with Gasteiger partial charge in [-0.05, 0) is 18.6 Å². The second-order valence-electron chi connectivity index (χ2n) is 5.53. The van der Waals surface area contributed by atoms with Crippen LogP contribution in [0.25, 0.3) is 10.6 Å². The lowest BCUT2D eigenvalue weighted by atomic mass is 10.1. The molecule has 120 valence electrons. The van der Waals surface area contributed by atoms with Crippen molar-refractivity contribution in [3.8, 4) is 10.6 Å². The molecule has 0 aliphatic carbocycles. The van der Waals surface area contributed by atoms with E-state index in [1.807, 2.05) is 29.6 Å². The van der Waals surface area contributed by atoms with Gasteiger partial charge in [-0.25, -0.2) is 9.78 Å². The van der Waals surface area contributed by atoms with E-state index in [0.717, 1.165) is 16.3 Å². The number of urea groups is 1. The predicted molar refractivity (Wildman–Crippen MR) is 90.4 cm³/mol. The topological polar surface area (TPSA) is 74.3 Å². The van der Waals surface area contributed by atoms with E-state index in [2.05, 4.69) is 15.6 Å². The molecule has 1 aromatic carbocycles. The van der Waals surface area contributed by atoms with Crippen LogP contribution in [0.2, 0.25) is 0 Å². The molecule has 1 saturated heterocycles. The van der Waals surface area contributed by atoms with Crippen molar-refractivity contribution in [1.29, 1.82) is 0 Å². The van der Waals surface area contributed by atoms with E-state index in [1.54, 1.807) is 29.5 Å². The Balaban J connectivity index is 1.60. The summed E-state index contributed by atoms with van der Waals surface area (Å²) in [4.78, 5) is 29.5. The van der Waals surface area contributed by atoms with E-state index in [9.17, 15) is 9.59 Å². The molecule has 2 heterocycles. The fourth-order valence-corrected chi connectivity index (χ4v) is 3.21. The summed E-state index contributed by atoms with van der Waals surface area (Å²) >= 11 is 1.56. The molecule has 2 aromatic rings. The molecule has 23 heavy (non-hydrogen) atoms. The van der Waals surface area contributed by atoms with Gasteiger partial charge in [0.05, 0.1) is 0 Å². The number of anilines is 1. The summed E-state index contributed by atoms with van der Waals surface area (Å²) in [7, 11) is 1.76. The van der Waals surface area contributed by atoms with Gasteiger partial charge in [-0.1, -0.05) is 12.1 Å². The number of benzene rings is 1. The van der Waals surface area contributed by atoms with Crippen molar-refractivity contribution in [3.63, 3.8) is 0 Å². The zero-order valence-corrected chi connectivity index (χ0v) is 13.6. The number of nitrogens with zero attached hydrogens (tertiary/aromatic N) is 2. The second kappa shape index (κ2) is 6.78. The van der Waals surface area contributed by atoms with Gasteiger partial charge in [0.2, 0.25) is 5.91 Å². The number of likely N-dealkylation sites (tertiary alicyclic amines) is 1. The molecule has 1 aliphatic heterocycles. The van der Waals surface area contributed by atoms with Crippen molar-refractivity contribution in [2.75, 3.05) is 18.9 Å². The number of likely N-dealkylation sites (N-methyl/N-ethyl adjacent to an activating group) is 1. The molecule has 0 saturated carbocycles. The van der Waals surface area contributed by atoms with Crippen LogP contribution in [-0.2, 0) is 4.79 Å². The third-order valence-electron chi connectivity index (χ3n) is 3.76. The molecule has 1 aliphatic rings. The van der Waals surface area contributed by atoms with E-state index >= 15 is 0 Å². The van der Waals surface area contributed by atoms with Gasteiger partial charge in [0.1, 0.15) is 5.01 Å². The number of carbonyl (C=O) groups excluding carboxylic acids is 2. The molecule has 2 N–H and O–H groups in total. The zero-order valence-electron chi connectivity index (χ0n) is 12.8. The first-order valence-electron chi connectivity index (χ1n) is 7.43. The highest BCUT2D eigenvalue weighted by Gasteiger charge is 2.23. The third-order valence-corrected chi connectivity index (χ3v) is 4.58. The number of amides is 3. The fourth-order valence-electron chi connectivity index (χ4n) is 2.58. The van der Waals surface area contributed by atoms with Gasteiger partial charge in [0.15, 0.2) is 0 Å². The maximum Gasteiger partial charge on any atom is 0.319 e. The van der Waals surface area contributed by atoms with Crippen LogP contribution in [0.15, 0.2) is 35.8 Å². The Labute approximate surface area is 138 Å². The average molecular weight is 330 g/mol. The molecule has 3 amide bonds. The minimum absolute atomic E-state index is 0.0140. The molecular formula is C16H18N4O2S. The van der Waals surface area contributed by atoms with Gasteiger partial charge >= 0.3 is 6.03 Å². The first kappa shape index (κ1) is 15.5. The van der Waals surface area contributed by atoms with Gasteiger partial charge < -0.3 is 15.5 Å². The van der Waals surface area contributed by atoms with Crippen molar-refractivity contribution in [1.82, 2.24) is 15.2 Å². The van der Waals surface area contributed by atoms with Gasteiger partial charge in [0, 0.05) is 48.9 Å². The molecule has 0 unspecified atom stereocenters. The Hall–Kier alpha value is -2.41. The van der Waals surface area contributed by atoms with Crippen LogP contribution in [0.3, 0.4) is 0 Å². The lowest BCUT2D eigenvalue weighted by molar-refractivity contribution is -0.132. The van der Waals surface area contributed by atoms with E-state index in [0.29, 0.717) is 19.4 Å². The minimum Gasteiger partial charge on any atom is -0.344 e. The molecule has 1 atom stereocenters. The van der Waals surface area contributed by atoms with E-state index in [-0.39, 0.29) is 18.0 Å². The summed E-state index contributed by atoms with van der Waals surface area (Å²) in [5.41, 5.74) is 1.69. The number of rotatable bonds is 3. The molecule has 0 radical (unpaired) electrons. The summed E-state index contributed by atoms with van der Waals surface area (Å²) in [6, 6.07) is 7.32. The number of carbonyl (C=O) groups is 2. The molecule has 0 bridgehead atoms. The van der Waals surface area contributed by atoms with Crippen LogP contribution in [0.5, 0.6) is 0 Å². The summed E-state index contributed by atoms with van der Waals surface area (Å²) in [6.07, 6.45) is 2.91. The number of thiazole rings is 1. The Morgan fingerprint density at radius 1 is 1.43 bits per heavy atom. The van der Waals surface area contributed by atoms with Crippen LogP contribution < -0.4 is 10.6 Å². The van der Waals surface area contributed by atoms with Crippen LogP contribution in [0.4, 0.5) is 10.5 Å². The Morgan fingerprint density at radius 3 is 3.04 bits per heavy atom. The van der Waals surface area contributed by atoms with E-state index < -0.39 is 0 Å². The van der Waals surface area contributed by atoms with Crippen molar-refractivity contribution >= 4 is 29.0 Å². The highest BCUT2D eigenvalue weighted by Crippen LogP contribution is 2.24. The van der Waals surface area contributed by atoms with Crippen LogP contribution in [0.1, 0.15) is 12.8 Å². The average Bonchev–Trinajstić information content (AvgIpc) is 3.05. The van der Waals surface area contributed by atoms with Crippen molar-refractivity contribution < 1.29 is 9.59 Å². The van der Waals surface area contributed by atoms with Gasteiger partial charge in [-0.3, -0.25) is 4.79 Å². The number of hydrogen-bond acceptors (Lipinski definition) is 4. The molecule has 3 rings (SSSR count). The molecule has 7 heteroatoms. The van der Waals surface area contributed by atoms with Crippen molar-refractivity contribution in [2.45, 2.75) is 18.9 Å². The Kier molecular flexibility index (Phi) is 4.57. The quantitative estimate of drug-likeness (QED) is 0.908. The van der Waals surface area contributed by atoms with Crippen molar-refractivity contribution in [3.05, 3.63) is 35.8 Å². The van der Waals surface area contributed by atoms with Gasteiger partial charge in [0.25, 0.3) is 0 Å². The van der Waals surface area contributed by atoms with Gasteiger partial charge in [-0.2, -0.15) is 0 Å². The predicted octanol–water partition coefficient (Wildman–Crippen LogP) is 2.55. The first-order chi connectivity index (χ1) is 11.1. The molecule has 0 spiro atoms. The normalized spacial score (nSPS) is 17.9. The minimum atomic E-state index is -0.256. The number of aromatic nitrogens is 1. The summed E-state index contributed by atoms with van der Waals surface area (Å²) < 4.78 is 0. The first-order valence-corrected chi connectivity index (χ1v) is 8.31. The maximum atomic E-state index is 12.1. The molecule has 1 aromatic heterocycles. The summed E-state index contributed by atoms with van der Waals surface area (Å²) in [6.45, 7) is 0.547. The smallest absolute Gasteiger partial charge is 0.319 e. The molecule has 6 nitrogen and oxygen atoms in total. The number of hydrogen-bond donors (Lipinski definition) is 2. The second-order valence-corrected chi connectivity index (χ2v) is 6.42. The zero-order chi connectivity index (χ0) is 16.2. The Bertz CT molecular complexity index is 702. The third kappa shape index (κ3) is 3.87. The fraction of sp³-hybridized carbons (Fsp3) is 0.312. The lowest BCUT2D eigenvalue weighted by Gasteiger charge is -2.30. The largest absolute Gasteiger partial charge is 0.344 e. The standard InChI is InChI=1S/C16H18N4O2S/c1-20-10-13(5-6-14(20)21)19-16(22)18-12-4-2-3-11(9-12)15-17-7-8-23-15/h2-4,7-9,13H,5-6,10H2,1H3,(H2,18,19,22)/t13-/m0/s1. The lowest BCUT2D eigenvalue weighted by Crippen LogP contribution is -2.49. The summed E-state index contributed by atoms with van der Waals surface area (Å²) in [5.74, 6) is 0.125. The highest BCUT2D eigenvalue weighted by atomic mass is 32.1. The highest BCUT2D eigenvalue weighted by molar-refractivity contribution is 7.13. The molecule has 1 fully saturated rings. The van der Waals surface area contributed by atoms with E-state index in [4.69, 9.17) is 0 Å². The van der Waals surface area contributed by atoms with Crippen LogP contribution >= 0.6 is 11.3 Å². The SMILES string of the molecule is CN1C[C@@H](NC(=O)Nc2cccc(-c3nccs3)c2)CCC1=O. The Morgan fingerprint density at radius 2 is 2.30 bits per heavy atom. The van der Waals surface area contributed by atoms with Crippen molar-refractivity contribution in [2.24, 2.45) is 0 Å². The number of piperidine rings is 1. The number of nitrogens with one attached hydrogen (secondary N) is 2.